The molecule has 0 aliphatic carbocycles. The minimum atomic E-state index is -0.244. The van der Waals surface area contributed by atoms with E-state index in [4.69, 9.17) is 14.7 Å². The van der Waals surface area contributed by atoms with Gasteiger partial charge >= 0.3 is 0 Å². The van der Waals surface area contributed by atoms with Crippen molar-refractivity contribution < 1.29 is 9.13 Å². The van der Waals surface area contributed by atoms with E-state index in [9.17, 15) is 4.39 Å². The number of dihydropyridines is 1. The maximum absolute atomic E-state index is 13.9. The highest BCUT2D eigenvalue weighted by atomic mass is 19.1. The monoisotopic (exact) mass is 374 g/mol. The van der Waals surface area contributed by atoms with Gasteiger partial charge in [-0.15, -0.1) is 0 Å². The minimum absolute atomic E-state index is 0.244. The summed E-state index contributed by atoms with van der Waals surface area (Å²) in [5.74, 6) is 1.95. The van der Waals surface area contributed by atoms with E-state index in [0.717, 1.165) is 52.3 Å². The number of aromatic nitrogens is 2. The summed E-state index contributed by atoms with van der Waals surface area (Å²) in [7, 11) is 1.64. The Hall–Kier alpha value is -3.41. The molecule has 2 aliphatic heterocycles. The Morgan fingerprint density at radius 2 is 2.07 bits per heavy atom. The second-order valence-electron chi connectivity index (χ2n) is 6.86. The molecule has 140 valence electrons. The van der Waals surface area contributed by atoms with Crippen LogP contribution in [-0.4, -0.2) is 30.2 Å². The lowest BCUT2D eigenvalue weighted by molar-refractivity contribution is 0.415. The van der Waals surface area contributed by atoms with Gasteiger partial charge in [-0.2, -0.15) is 0 Å². The van der Waals surface area contributed by atoms with Crippen LogP contribution >= 0.6 is 0 Å². The topological polar surface area (TPSA) is 50.3 Å². The van der Waals surface area contributed by atoms with Gasteiger partial charge in [-0.05, 0) is 54.6 Å². The molecule has 0 spiro atoms. The largest absolute Gasteiger partial charge is 0.497 e. The fraction of sp³-hybridized carbons (Fsp3) is 0.182. The number of anilines is 2. The van der Waals surface area contributed by atoms with E-state index in [-0.39, 0.29) is 5.82 Å². The van der Waals surface area contributed by atoms with Crippen LogP contribution in [0.25, 0.3) is 16.5 Å². The van der Waals surface area contributed by atoms with Crippen molar-refractivity contribution in [3.63, 3.8) is 0 Å². The Labute approximate surface area is 162 Å². The highest BCUT2D eigenvalue weighted by molar-refractivity contribution is 5.94. The predicted octanol–water partition coefficient (Wildman–Crippen LogP) is 3.97. The SMILES string of the molecule is COc1ccc2nc(C3=CC=CNC3)nc(N3CCc4ccc(F)cc43)c2c1. The first kappa shape index (κ1) is 16.7. The van der Waals surface area contributed by atoms with Crippen molar-refractivity contribution in [3.8, 4) is 5.75 Å². The van der Waals surface area contributed by atoms with Gasteiger partial charge in [-0.1, -0.05) is 12.1 Å². The summed E-state index contributed by atoms with van der Waals surface area (Å²) in [6, 6.07) is 10.7. The average Bonchev–Trinajstić information content (AvgIpc) is 3.16. The molecule has 0 radical (unpaired) electrons. The number of halogens is 1. The standard InChI is InChI=1S/C22H19FN4O/c1-28-17-6-7-19-18(12-17)22(26-21(25-19)15-3-2-9-24-13-15)27-10-8-14-4-5-16(23)11-20(14)27/h2-7,9,11-12,24H,8,10,13H2,1H3. The van der Waals surface area contributed by atoms with Gasteiger partial charge in [0.15, 0.2) is 5.82 Å². The number of nitrogens with zero attached hydrogens (tertiary/aromatic N) is 3. The molecule has 1 N–H and O–H groups in total. The summed E-state index contributed by atoms with van der Waals surface area (Å²) in [5.41, 5.74) is 3.84. The Kier molecular flexibility index (Phi) is 3.97. The molecule has 3 heterocycles. The van der Waals surface area contributed by atoms with Gasteiger partial charge in [0, 0.05) is 29.7 Å². The summed E-state index contributed by atoms with van der Waals surface area (Å²) in [4.78, 5) is 11.8. The summed E-state index contributed by atoms with van der Waals surface area (Å²) >= 11 is 0. The molecule has 5 nitrogen and oxygen atoms in total. The Morgan fingerprint density at radius 1 is 1.14 bits per heavy atom. The molecule has 2 aliphatic rings. The van der Waals surface area contributed by atoms with Crippen LogP contribution in [0.5, 0.6) is 5.75 Å². The average molecular weight is 374 g/mol. The number of hydrogen-bond acceptors (Lipinski definition) is 5. The third-order valence-electron chi connectivity index (χ3n) is 5.17. The number of fused-ring (bicyclic) bond motifs is 2. The van der Waals surface area contributed by atoms with Gasteiger partial charge in [0.2, 0.25) is 0 Å². The van der Waals surface area contributed by atoms with Gasteiger partial charge in [-0.3, -0.25) is 0 Å². The zero-order valence-corrected chi connectivity index (χ0v) is 15.4. The normalized spacial score (nSPS) is 15.4. The molecule has 0 bridgehead atoms. The highest BCUT2D eigenvalue weighted by Crippen LogP contribution is 2.38. The summed E-state index contributed by atoms with van der Waals surface area (Å²) in [5, 5.41) is 4.09. The molecule has 3 aromatic rings. The van der Waals surface area contributed by atoms with Gasteiger partial charge in [-0.25, -0.2) is 14.4 Å². The molecule has 2 aromatic carbocycles. The molecule has 0 atom stereocenters. The molecule has 6 heteroatoms. The number of allylic oxidation sites excluding steroid dienone is 2. The van der Waals surface area contributed by atoms with Crippen molar-refractivity contribution in [2.24, 2.45) is 0 Å². The summed E-state index contributed by atoms with van der Waals surface area (Å²) < 4.78 is 19.4. The van der Waals surface area contributed by atoms with E-state index in [1.165, 1.54) is 6.07 Å². The maximum atomic E-state index is 13.9. The van der Waals surface area contributed by atoms with Crippen LogP contribution in [0.4, 0.5) is 15.9 Å². The van der Waals surface area contributed by atoms with Gasteiger partial charge in [0.05, 0.1) is 12.6 Å². The highest BCUT2D eigenvalue weighted by Gasteiger charge is 2.25. The quantitative estimate of drug-likeness (QED) is 0.752. The second-order valence-corrected chi connectivity index (χ2v) is 6.86. The smallest absolute Gasteiger partial charge is 0.159 e. The molecule has 0 saturated heterocycles. The Bertz CT molecular complexity index is 1140. The van der Waals surface area contributed by atoms with E-state index < -0.39 is 0 Å². The summed E-state index contributed by atoms with van der Waals surface area (Å²) in [6.07, 6.45) is 6.71. The van der Waals surface area contributed by atoms with Crippen LogP contribution in [-0.2, 0) is 6.42 Å². The fourth-order valence-corrected chi connectivity index (χ4v) is 3.75. The molecule has 28 heavy (non-hydrogen) atoms. The van der Waals surface area contributed by atoms with Crippen molar-refractivity contribution >= 4 is 28.0 Å². The molecule has 1 aromatic heterocycles. The molecule has 0 unspecified atom stereocenters. The van der Waals surface area contributed by atoms with E-state index >= 15 is 0 Å². The van der Waals surface area contributed by atoms with Crippen molar-refractivity contribution in [2.75, 3.05) is 25.1 Å². The van der Waals surface area contributed by atoms with Gasteiger partial charge in [0.25, 0.3) is 0 Å². The molecule has 0 fully saturated rings. The molecular formula is C22H19FN4O. The van der Waals surface area contributed by atoms with E-state index in [1.54, 1.807) is 13.2 Å². The minimum Gasteiger partial charge on any atom is -0.497 e. The van der Waals surface area contributed by atoms with Gasteiger partial charge < -0.3 is 15.0 Å². The fourth-order valence-electron chi connectivity index (χ4n) is 3.75. The second kappa shape index (κ2) is 6.64. The molecule has 0 amide bonds. The molecule has 5 rings (SSSR count). The predicted molar refractivity (Wildman–Crippen MR) is 108 cm³/mol. The first-order valence-electron chi connectivity index (χ1n) is 9.24. The third kappa shape index (κ3) is 2.78. The van der Waals surface area contributed by atoms with Crippen molar-refractivity contribution in [3.05, 3.63) is 72.0 Å². The number of benzene rings is 2. The summed E-state index contributed by atoms with van der Waals surface area (Å²) in [6.45, 7) is 1.42. The third-order valence-corrected chi connectivity index (χ3v) is 5.17. The molecular weight excluding hydrogens is 355 g/mol. The number of nitrogens with one attached hydrogen (secondary N) is 1. The van der Waals surface area contributed by atoms with E-state index in [0.29, 0.717) is 12.4 Å². The number of hydrogen-bond donors (Lipinski definition) is 1. The Balaban J connectivity index is 1.73. The van der Waals surface area contributed by atoms with Gasteiger partial charge in [0.1, 0.15) is 17.4 Å². The first-order valence-corrected chi connectivity index (χ1v) is 9.24. The lowest BCUT2D eigenvalue weighted by atomic mass is 10.1. The lowest BCUT2D eigenvalue weighted by Crippen LogP contribution is -2.18. The van der Waals surface area contributed by atoms with Crippen LogP contribution in [0.3, 0.4) is 0 Å². The van der Waals surface area contributed by atoms with Crippen LogP contribution in [0, 0.1) is 5.82 Å². The zero-order chi connectivity index (χ0) is 19.1. The number of methoxy groups -OCH3 is 1. The van der Waals surface area contributed by atoms with Crippen molar-refractivity contribution in [1.29, 1.82) is 0 Å². The number of ether oxygens (including phenoxy) is 1. The Morgan fingerprint density at radius 3 is 2.89 bits per heavy atom. The van der Waals surface area contributed by atoms with Crippen LogP contribution in [0.15, 0.2) is 54.8 Å². The maximum Gasteiger partial charge on any atom is 0.159 e. The van der Waals surface area contributed by atoms with E-state index in [2.05, 4.69) is 10.2 Å². The lowest BCUT2D eigenvalue weighted by Gasteiger charge is -2.22. The van der Waals surface area contributed by atoms with Crippen molar-refractivity contribution in [1.82, 2.24) is 15.3 Å². The molecule has 0 saturated carbocycles. The van der Waals surface area contributed by atoms with Crippen molar-refractivity contribution in [2.45, 2.75) is 6.42 Å². The van der Waals surface area contributed by atoms with Crippen LogP contribution in [0.2, 0.25) is 0 Å². The first-order chi connectivity index (χ1) is 13.7. The number of rotatable bonds is 3. The van der Waals surface area contributed by atoms with Crippen LogP contribution in [0.1, 0.15) is 11.4 Å². The van der Waals surface area contributed by atoms with Crippen LogP contribution < -0.4 is 15.0 Å². The van der Waals surface area contributed by atoms with E-state index in [1.807, 2.05) is 42.6 Å². The zero-order valence-electron chi connectivity index (χ0n) is 15.4.